The maximum Gasteiger partial charge on any atom is 0.269 e. The summed E-state index contributed by atoms with van der Waals surface area (Å²) >= 11 is 6.28. The number of hydrogen-bond acceptors (Lipinski definition) is 4. The van der Waals surface area contributed by atoms with Gasteiger partial charge in [-0.2, -0.15) is 4.98 Å². The number of benzene rings is 2. The Balaban J connectivity index is 1.87. The standard InChI is InChI=1S/C18H15ClN2O2/c1-12-6-8-13(9-7-12)10-16(19)18-20-17(21-23-18)14-4-3-5-15(11-14)22-2/h3-11H,1-2H3/b16-10-. The van der Waals surface area contributed by atoms with Crippen LogP contribution in [-0.2, 0) is 0 Å². The normalized spacial score (nSPS) is 11.5. The molecule has 5 heteroatoms. The SMILES string of the molecule is COc1cccc(-c2noc(/C(Cl)=C/c3ccc(C)cc3)n2)c1. The lowest BCUT2D eigenvalue weighted by atomic mass is 10.1. The van der Waals surface area contributed by atoms with Gasteiger partial charge in [0.05, 0.1) is 7.11 Å². The molecule has 2 aromatic carbocycles. The molecule has 4 nitrogen and oxygen atoms in total. The topological polar surface area (TPSA) is 48.2 Å². The van der Waals surface area contributed by atoms with E-state index in [0.717, 1.165) is 16.9 Å². The largest absolute Gasteiger partial charge is 0.497 e. The van der Waals surface area contributed by atoms with E-state index in [1.54, 1.807) is 13.2 Å². The zero-order chi connectivity index (χ0) is 16.2. The number of aryl methyl sites for hydroxylation is 1. The van der Waals surface area contributed by atoms with Crippen molar-refractivity contribution >= 4 is 22.7 Å². The van der Waals surface area contributed by atoms with Crippen molar-refractivity contribution < 1.29 is 9.26 Å². The van der Waals surface area contributed by atoms with E-state index in [9.17, 15) is 0 Å². The molecule has 0 unspecified atom stereocenters. The number of nitrogens with zero attached hydrogens (tertiary/aromatic N) is 2. The minimum absolute atomic E-state index is 0.282. The van der Waals surface area contributed by atoms with Crippen molar-refractivity contribution in [3.63, 3.8) is 0 Å². The minimum atomic E-state index is 0.282. The lowest BCUT2D eigenvalue weighted by Gasteiger charge is -1.99. The van der Waals surface area contributed by atoms with Crippen molar-refractivity contribution in [3.8, 4) is 17.1 Å². The van der Waals surface area contributed by atoms with Gasteiger partial charge in [0, 0.05) is 5.56 Å². The maximum atomic E-state index is 6.28. The molecule has 3 aromatic rings. The molecule has 0 aliphatic carbocycles. The van der Waals surface area contributed by atoms with Crippen LogP contribution in [0.4, 0.5) is 0 Å². The van der Waals surface area contributed by atoms with E-state index in [1.165, 1.54) is 5.56 Å². The zero-order valence-electron chi connectivity index (χ0n) is 12.8. The average Bonchev–Trinajstić information content (AvgIpc) is 3.07. The van der Waals surface area contributed by atoms with Crippen molar-refractivity contribution in [3.05, 3.63) is 65.5 Å². The average molecular weight is 327 g/mol. The number of ether oxygens (including phenoxy) is 1. The van der Waals surface area contributed by atoms with E-state index < -0.39 is 0 Å². The number of aromatic nitrogens is 2. The molecular formula is C18H15ClN2O2. The lowest BCUT2D eigenvalue weighted by molar-refractivity contribution is 0.409. The second-order valence-corrected chi connectivity index (χ2v) is 5.47. The zero-order valence-corrected chi connectivity index (χ0v) is 13.5. The summed E-state index contributed by atoms with van der Waals surface area (Å²) in [7, 11) is 1.61. The summed E-state index contributed by atoms with van der Waals surface area (Å²) in [6.45, 7) is 2.04. The molecule has 0 bridgehead atoms. The molecule has 0 amide bonds. The molecule has 0 aliphatic rings. The van der Waals surface area contributed by atoms with Gasteiger partial charge in [0.25, 0.3) is 5.89 Å². The summed E-state index contributed by atoms with van der Waals surface area (Å²) in [5.41, 5.74) is 2.97. The Morgan fingerprint density at radius 1 is 1.17 bits per heavy atom. The molecule has 3 rings (SSSR count). The van der Waals surface area contributed by atoms with Crippen LogP contribution in [0.2, 0.25) is 0 Å². The molecular weight excluding hydrogens is 312 g/mol. The van der Waals surface area contributed by atoms with Crippen LogP contribution in [0.25, 0.3) is 22.5 Å². The molecule has 0 radical (unpaired) electrons. The lowest BCUT2D eigenvalue weighted by Crippen LogP contribution is -1.85. The van der Waals surface area contributed by atoms with Crippen LogP contribution in [0.3, 0.4) is 0 Å². The molecule has 0 N–H and O–H groups in total. The smallest absolute Gasteiger partial charge is 0.269 e. The Hall–Kier alpha value is -2.59. The Morgan fingerprint density at radius 2 is 1.96 bits per heavy atom. The third-order valence-corrected chi connectivity index (χ3v) is 3.60. The highest BCUT2D eigenvalue weighted by atomic mass is 35.5. The fourth-order valence-electron chi connectivity index (χ4n) is 2.07. The van der Waals surface area contributed by atoms with E-state index in [4.69, 9.17) is 20.9 Å². The number of rotatable bonds is 4. The van der Waals surface area contributed by atoms with Gasteiger partial charge in [-0.3, -0.25) is 0 Å². The van der Waals surface area contributed by atoms with Crippen LogP contribution >= 0.6 is 11.6 Å². The molecule has 116 valence electrons. The van der Waals surface area contributed by atoms with Crippen molar-refractivity contribution in [2.75, 3.05) is 7.11 Å². The molecule has 0 atom stereocenters. The predicted octanol–water partition coefficient (Wildman–Crippen LogP) is 4.79. The third kappa shape index (κ3) is 3.60. The van der Waals surface area contributed by atoms with Crippen LogP contribution in [0.5, 0.6) is 5.75 Å². The summed E-state index contributed by atoms with van der Waals surface area (Å²) in [6.07, 6.45) is 1.80. The first-order valence-electron chi connectivity index (χ1n) is 7.08. The van der Waals surface area contributed by atoms with E-state index in [2.05, 4.69) is 10.1 Å². The Bertz CT molecular complexity index is 838. The molecule has 1 aromatic heterocycles. The number of halogens is 1. The molecule has 0 saturated heterocycles. The first-order chi connectivity index (χ1) is 11.2. The highest BCUT2D eigenvalue weighted by Gasteiger charge is 2.12. The summed E-state index contributed by atoms with van der Waals surface area (Å²) < 4.78 is 10.4. The van der Waals surface area contributed by atoms with E-state index in [-0.39, 0.29) is 5.89 Å². The monoisotopic (exact) mass is 326 g/mol. The fourth-order valence-corrected chi connectivity index (χ4v) is 2.27. The second-order valence-electron chi connectivity index (χ2n) is 5.06. The van der Waals surface area contributed by atoms with Gasteiger partial charge < -0.3 is 9.26 Å². The van der Waals surface area contributed by atoms with E-state index >= 15 is 0 Å². The fraction of sp³-hybridized carbons (Fsp3) is 0.111. The Labute approximate surface area is 139 Å². The van der Waals surface area contributed by atoms with Crippen molar-refractivity contribution in [1.82, 2.24) is 10.1 Å². The Kier molecular flexibility index (Phi) is 4.44. The second kappa shape index (κ2) is 6.67. The first kappa shape index (κ1) is 15.3. The van der Waals surface area contributed by atoms with Gasteiger partial charge in [-0.25, -0.2) is 0 Å². The Morgan fingerprint density at radius 3 is 2.70 bits per heavy atom. The quantitative estimate of drug-likeness (QED) is 0.691. The van der Waals surface area contributed by atoms with Crippen LogP contribution < -0.4 is 4.74 Å². The van der Waals surface area contributed by atoms with Gasteiger partial charge in [0.15, 0.2) is 0 Å². The molecule has 0 spiro atoms. The van der Waals surface area contributed by atoms with Crippen molar-refractivity contribution in [1.29, 1.82) is 0 Å². The van der Waals surface area contributed by atoms with Crippen LogP contribution in [0.1, 0.15) is 17.0 Å². The number of hydrogen-bond donors (Lipinski definition) is 0. The van der Waals surface area contributed by atoms with Gasteiger partial charge in [-0.15, -0.1) is 0 Å². The number of methoxy groups -OCH3 is 1. The van der Waals surface area contributed by atoms with Crippen LogP contribution in [0, 0.1) is 6.92 Å². The van der Waals surface area contributed by atoms with Crippen LogP contribution in [0.15, 0.2) is 53.1 Å². The van der Waals surface area contributed by atoms with Gasteiger partial charge in [0.2, 0.25) is 5.82 Å². The van der Waals surface area contributed by atoms with Gasteiger partial charge in [-0.1, -0.05) is 58.7 Å². The highest BCUT2D eigenvalue weighted by molar-refractivity contribution is 6.50. The first-order valence-corrected chi connectivity index (χ1v) is 7.46. The molecule has 23 heavy (non-hydrogen) atoms. The van der Waals surface area contributed by atoms with Gasteiger partial charge in [0.1, 0.15) is 10.8 Å². The summed E-state index contributed by atoms with van der Waals surface area (Å²) in [5, 5.41) is 4.37. The molecule has 0 aliphatic heterocycles. The molecule has 0 saturated carbocycles. The summed E-state index contributed by atoms with van der Waals surface area (Å²) in [6, 6.07) is 15.5. The van der Waals surface area contributed by atoms with Crippen LogP contribution in [-0.4, -0.2) is 17.3 Å². The highest BCUT2D eigenvalue weighted by Crippen LogP contribution is 2.25. The van der Waals surface area contributed by atoms with E-state index in [1.807, 2.05) is 55.5 Å². The summed E-state index contributed by atoms with van der Waals surface area (Å²) in [4.78, 5) is 4.34. The van der Waals surface area contributed by atoms with Gasteiger partial charge >= 0.3 is 0 Å². The van der Waals surface area contributed by atoms with Gasteiger partial charge in [-0.05, 0) is 30.7 Å². The minimum Gasteiger partial charge on any atom is -0.497 e. The molecule has 1 heterocycles. The molecule has 0 fully saturated rings. The van der Waals surface area contributed by atoms with Crippen molar-refractivity contribution in [2.24, 2.45) is 0 Å². The van der Waals surface area contributed by atoms with Crippen molar-refractivity contribution in [2.45, 2.75) is 6.92 Å². The van der Waals surface area contributed by atoms with E-state index in [0.29, 0.717) is 10.9 Å². The third-order valence-electron chi connectivity index (χ3n) is 3.33. The summed E-state index contributed by atoms with van der Waals surface area (Å²) in [5.74, 6) is 1.48. The maximum absolute atomic E-state index is 6.28. The predicted molar refractivity (Wildman–Crippen MR) is 91.2 cm³/mol.